The van der Waals surface area contributed by atoms with Crippen molar-refractivity contribution in [1.82, 2.24) is 15.3 Å². The van der Waals surface area contributed by atoms with E-state index in [2.05, 4.69) is 21.4 Å². The normalized spacial score (nSPS) is 12.7. The molecule has 0 radical (unpaired) electrons. The van der Waals surface area contributed by atoms with Crippen molar-refractivity contribution in [3.63, 3.8) is 0 Å². The van der Waals surface area contributed by atoms with E-state index in [-0.39, 0.29) is 0 Å². The third-order valence-electron chi connectivity index (χ3n) is 3.20. The second-order valence-corrected chi connectivity index (χ2v) is 6.13. The molecule has 0 spiro atoms. The fourth-order valence-electron chi connectivity index (χ4n) is 2.07. The van der Waals surface area contributed by atoms with E-state index in [1.54, 1.807) is 11.8 Å². The fraction of sp³-hybridized carbons (Fsp3) is 0.467. The fourth-order valence-corrected chi connectivity index (χ4v) is 2.97. The summed E-state index contributed by atoms with van der Waals surface area (Å²) in [5.74, 6) is -0.0729. The third kappa shape index (κ3) is 4.47. The van der Waals surface area contributed by atoms with E-state index in [0.29, 0.717) is 12.2 Å². The molecule has 1 heterocycles. The highest BCUT2D eigenvalue weighted by Crippen LogP contribution is 2.21. The Morgan fingerprint density at radius 2 is 2.33 bits per heavy atom. The van der Waals surface area contributed by atoms with Gasteiger partial charge in [-0.2, -0.15) is 0 Å². The minimum absolute atomic E-state index is 0.482. The molecular weight excluding hydrogens is 286 g/mol. The van der Waals surface area contributed by atoms with E-state index in [9.17, 15) is 4.79 Å². The van der Waals surface area contributed by atoms with Crippen molar-refractivity contribution in [2.45, 2.75) is 37.9 Å². The number of hydrogen-bond donors (Lipinski definition) is 3. The van der Waals surface area contributed by atoms with Crippen molar-refractivity contribution < 1.29 is 9.90 Å². The summed E-state index contributed by atoms with van der Waals surface area (Å²) in [6.45, 7) is 4.80. The third-order valence-corrected chi connectivity index (χ3v) is 4.11. The van der Waals surface area contributed by atoms with Crippen molar-refractivity contribution in [3.05, 3.63) is 23.8 Å². The van der Waals surface area contributed by atoms with Gasteiger partial charge in [0, 0.05) is 5.75 Å². The first-order chi connectivity index (χ1) is 10.1. The van der Waals surface area contributed by atoms with Crippen LogP contribution in [0.4, 0.5) is 0 Å². The molecule has 2 aromatic rings. The van der Waals surface area contributed by atoms with Crippen LogP contribution >= 0.6 is 11.8 Å². The number of aryl methyl sites for hydroxylation is 1. The Labute approximate surface area is 128 Å². The SMILES string of the molecule is CCCNC(CCSc1nc2ccc(C)cc2[nH]1)C(=O)O. The summed E-state index contributed by atoms with van der Waals surface area (Å²) in [6.07, 6.45) is 1.51. The monoisotopic (exact) mass is 307 g/mol. The van der Waals surface area contributed by atoms with E-state index >= 15 is 0 Å². The van der Waals surface area contributed by atoms with Crippen LogP contribution in [0, 0.1) is 6.92 Å². The maximum Gasteiger partial charge on any atom is 0.320 e. The quantitative estimate of drug-likeness (QED) is 0.654. The Kier molecular flexibility index (Phi) is 5.64. The maximum atomic E-state index is 11.1. The molecule has 2 rings (SSSR count). The van der Waals surface area contributed by atoms with Crippen LogP contribution in [0.1, 0.15) is 25.3 Å². The lowest BCUT2D eigenvalue weighted by molar-refractivity contribution is -0.139. The second-order valence-electron chi connectivity index (χ2n) is 5.04. The van der Waals surface area contributed by atoms with Crippen LogP contribution in [0.25, 0.3) is 11.0 Å². The first-order valence-corrected chi connectivity index (χ1v) is 8.14. The molecule has 1 aromatic heterocycles. The number of hydrogen-bond acceptors (Lipinski definition) is 4. The zero-order valence-corrected chi connectivity index (χ0v) is 13.2. The molecule has 0 aliphatic carbocycles. The van der Waals surface area contributed by atoms with Crippen molar-refractivity contribution in [2.24, 2.45) is 0 Å². The van der Waals surface area contributed by atoms with Gasteiger partial charge in [-0.1, -0.05) is 24.8 Å². The summed E-state index contributed by atoms with van der Waals surface area (Å²) in [4.78, 5) is 18.9. The van der Waals surface area contributed by atoms with Gasteiger partial charge in [0.1, 0.15) is 6.04 Å². The standard InChI is InChI=1S/C15H21N3O2S/c1-3-7-16-12(14(19)20)6-8-21-15-17-11-5-4-10(2)9-13(11)18-15/h4-5,9,12,16H,3,6-8H2,1-2H3,(H,17,18)(H,19,20). The number of benzene rings is 1. The lowest BCUT2D eigenvalue weighted by atomic mass is 10.2. The van der Waals surface area contributed by atoms with Crippen LogP contribution in [-0.4, -0.2) is 39.4 Å². The van der Waals surface area contributed by atoms with Crippen molar-refractivity contribution >= 4 is 28.8 Å². The van der Waals surface area contributed by atoms with E-state index in [4.69, 9.17) is 5.11 Å². The molecular formula is C15H21N3O2S. The molecule has 0 aliphatic heterocycles. The highest BCUT2D eigenvalue weighted by atomic mass is 32.2. The average molecular weight is 307 g/mol. The Bertz CT molecular complexity index is 612. The first-order valence-electron chi connectivity index (χ1n) is 7.15. The van der Waals surface area contributed by atoms with E-state index in [1.165, 1.54) is 5.56 Å². The molecule has 5 nitrogen and oxygen atoms in total. The Balaban J connectivity index is 1.90. The Morgan fingerprint density at radius 1 is 1.52 bits per heavy atom. The summed E-state index contributed by atoms with van der Waals surface area (Å²) in [7, 11) is 0. The number of thioether (sulfide) groups is 1. The molecule has 1 aromatic carbocycles. The van der Waals surface area contributed by atoms with Crippen LogP contribution in [0.15, 0.2) is 23.4 Å². The summed E-state index contributed by atoms with van der Waals surface area (Å²) < 4.78 is 0. The van der Waals surface area contributed by atoms with Crippen molar-refractivity contribution in [3.8, 4) is 0 Å². The maximum absolute atomic E-state index is 11.1. The number of fused-ring (bicyclic) bond motifs is 1. The number of nitrogens with one attached hydrogen (secondary N) is 2. The molecule has 6 heteroatoms. The minimum atomic E-state index is -0.788. The zero-order valence-electron chi connectivity index (χ0n) is 12.3. The predicted octanol–water partition coefficient (Wildman–Crippen LogP) is 2.81. The van der Waals surface area contributed by atoms with Gasteiger partial charge in [0.05, 0.1) is 11.0 Å². The number of aromatic amines is 1. The lowest BCUT2D eigenvalue weighted by Gasteiger charge is -2.12. The van der Waals surface area contributed by atoms with Crippen LogP contribution in [0.5, 0.6) is 0 Å². The number of carboxylic acid groups (broad SMARTS) is 1. The number of carbonyl (C=O) groups is 1. The molecule has 3 N–H and O–H groups in total. The molecule has 0 saturated carbocycles. The van der Waals surface area contributed by atoms with E-state index in [0.717, 1.165) is 29.2 Å². The summed E-state index contributed by atoms with van der Waals surface area (Å²) >= 11 is 1.56. The number of aliphatic carboxylic acids is 1. The van der Waals surface area contributed by atoms with E-state index in [1.807, 2.05) is 26.0 Å². The number of nitrogens with zero attached hydrogens (tertiary/aromatic N) is 1. The number of rotatable bonds is 8. The Morgan fingerprint density at radius 3 is 3.05 bits per heavy atom. The van der Waals surface area contributed by atoms with Crippen LogP contribution in [0.3, 0.4) is 0 Å². The first kappa shape index (κ1) is 15.9. The summed E-state index contributed by atoms with van der Waals surface area (Å²) in [5, 5.41) is 13.0. The van der Waals surface area contributed by atoms with Gasteiger partial charge in [-0.15, -0.1) is 0 Å². The molecule has 0 aliphatic rings. The molecule has 0 saturated heterocycles. The number of aromatic nitrogens is 2. The smallest absolute Gasteiger partial charge is 0.320 e. The summed E-state index contributed by atoms with van der Waals surface area (Å²) in [6, 6.07) is 5.61. The molecule has 21 heavy (non-hydrogen) atoms. The molecule has 1 unspecified atom stereocenters. The molecule has 1 atom stereocenters. The number of H-pyrrole nitrogens is 1. The van der Waals surface area contributed by atoms with Crippen molar-refractivity contribution in [2.75, 3.05) is 12.3 Å². The van der Waals surface area contributed by atoms with Gasteiger partial charge in [-0.25, -0.2) is 4.98 Å². The Hall–Kier alpha value is -1.53. The minimum Gasteiger partial charge on any atom is -0.480 e. The average Bonchev–Trinajstić information content (AvgIpc) is 2.83. The van der Waals surface area contributed by atoms with Gasteiger partial charge in [0.2, 0.25) is 0 Å². The van der Waals surface area contributed by atoms with Gasteiger partial charge < -0.3 is 15.4 Å². The second kappa shape index (κ2) is 7.47. The lowest BCUT2D eigenvalue weighted by Crippen LogP contribution is -2.37. The van der Waals surface area contributed by atoms with Gasteiger partial charge in [0.25, 0.3) is 0 Å². The van der Waals surface area contributed by atoms with Gasteiger partial charge in [-0.05, 0) is 44.0 Å². The molecule has 0 fully saturated rings. The molecule has 114 valence electrons. The number of imidazole rings is 1. The summed E-state index contributed by atoms with van der Waals surface area (Å²) in [5.41, 5.74) is 3.16. The van der Waals surface area contributed by atoms with Gasteiger partial charge >= 0.3 is 5.97 Å². The highest BCUT2D eigenvalue weighted by Gasteiger charge is 2.16. The van der Waals surface area contributed by atoms with Crippen LogP contribution in [0.2, 0.25) is 0 Å². The van der Waals surface area contributed by atoms with Gasteiger partial charge in [0.15, 0.2) is 5.16 Å². The van der Waals surface area contributed by atoms with Crippen LogP contribution in [-0.2, 0) is 4.79 Å². The molecule has 0 amide bonds. The number of carboxylic acids is 1. The van der Waals surface area contributed by atoms with Crippen LogP contribution < -0.4 is 5.32 Å². The van der Waals surface area contributed by atoms with Gasteiger partial charge in [-0.3, -0.25) is 4.79 Å². The molecule has 0 bridgehead atoms. The largest absolute Gasteiger partial charge is 0.480 e. The predicted molar refractivity (Wildman–Crippen MR) is 85.9 cm³/mol. The van der Waals surface area contributed by atoms with E-state index < -0.39 is 12.0 Å². The topological polar surface area (TPSA) is 78.0 Å². The zero-order chi connectivity index (χ0) is 15.2. The van der Waals surface area contributed by atoms with Crippen molar-refractivity contribution in [1.29, 1.82) is 0 Å². The highest BCUT2D eigenvalue weighted by molar-refractivity contribution is 7.99.